The molecule has 4 N–H and O–H groups in total. The summed E-state index contributed by atoms with van der Waals surface area (Å²) in [5, 5.41) is 3.59. The quantitative estimate of drug-likeness (QED) is 0.577. The fourth-order valence-electron chi connectivity index (χ4n) is 1.58. The smallest absolute Gasteiger partial charge is 0.323 e. The number of halogens is 1. The van der Waals surface area contributed by atoms with Crippen LogP contribution in [0.3, 0.4) is 0 Å². The van der Waals surface area contributed by atoms with Crippen molar-refractivity contribution >= 4 is 29.2 Å². The van der Waals surface area contributed by atoms with E-state index in [0.717, 1.165) is 5.56 Å². The van der Waals surface area contributed by atoms with E-state index in [9.17, 15) is 0 Å². The summed E-state index contributed by atoms with van der Waals surface area (Å²) in [5.41, 5.74) is 4.13. The summed E-state index contributed by atoms with van der Waals surface area (Å²) in [6.07, 6.45) is -0.0613. The van der Waals surface area contributed by atoms with Gasteiger partial charge in [0, 0.05) is 0 Å². The normalized spacial score (nSPS) is 10.6. The van der Waals surface area contributed by atoms with Crippen molar-refractivity contribution in [3.63, 3.8) is 0 Å². The summed E-state index contributed by atoms with van der Waals surface area (Å²) >= 11 is 6.17. The molecule has 2 rings (SSSR count). The van der Waals surface area contributed by atoms with Crippen LogP contribution in [-0.4, -0.2) is 21.1 Å². The van der Waals surface area contributed by atoms with Gasteiger partial charge in [0.1, 0.15) is 0 Å². The molecule has 1 aromatic heterocycles. The lowest BCUT2D eigenvalue weighted by atomic mass is 10.2. The summed E-state index contributed by atoms with van der Waals surface area (Å²) < 4.78 is 5.45. The Labute approximate surface area is 127 Å². The molecule has 0 bridgehead atoms. The van der Waals surface area contributed by atoms with Crippen molar-refractivity contribution in [2.24, 2.45) is 5.84 Å². The molecule has 0 radical (unpaired) electrons. The highest BCUT2D eigenvalue weighted by Crippen LogP contribution is 2.25. The minimum Gasteiger partial charge on any atom is -0.461 e. The van der Waals surface area contributed by atoms with E-state index in [0.29, 0.717) is 16.7 Å². The maximum absolute atomic E-state index is 6.17. The number of nitrogens with two attached hydrogens (primary N) is 1. The Morgan fingerprint density at radius 3 is 2.52 bits per heavy atom. The number of hydrogen-bond acceptors (Lipinski definition) is 7. The van der Waals surface area contributed by atoms with Crippen LogP contribution in [0.15, 0.2) is 18.2 Å². The van der Waals surface area contributed by atoms with Crippen LogP contribution in [0, 0.1) is 6.92 Å². The largest absolute Gasteiger partial charge is 0.461 e. The van der Waals surface area contributed by atoms with Gasteiger partial charge in [0.05, 0.1) is 16.8 Å². The number of rotatable bonds is 5. The van der Waals surface area contributed by atoms with Crippen molar-refractivity contribution in [3.8, 4) is 6.01 Å². The minimum absolute atomic E-state index is 0.0613. The Balaban J connectivity index is 2.29. The Bertz CT molecular complexity index is 634. The first kappa shape index (κ1) is 15.3. The van der Waals surface area contributed by atoms with Crippen LogP contribution in [0.1, 0.15) is 19.4 Å². The fraction of sp³-hybridized carbons (Fsp3) is 0.308. The third-order valence-electron chi connectivity index (χ3n) is 2.46. The molecule has 0 fully saturated rings. The molecule has 0 amide bonds. The number of nitrogen functional groups attached to an aromatic ring is 1. The second kappa shape index (κ2) is 6.55. The van der Waals surface area contributed by atoms with E-state index in [4.69, 9.17) is 22.2 Å². The molecule has 2 aromatic rings. The number of nitrogens with zero attached hydrogens (tertiary/aromatic N) is 3. The molecule has 8 heteroatoms. The number of benzene rings is 1. The second-order valence-corrected chi connectivity index (χ2v) is 5.09. The first-order valence-electron chi connectivity index (χ1n) is 6.40. The zero-order chi connectivity index (χ0) is 15.4. The van der Waals surface area contributed by atoms with E-state index in [-0.39, 0.29) is 18.1 Å². The standard InChI is InChI=1S/C13H17ClN6O/c1-7(2)21-13-18-11(17-12(19-13)20-15)16-10-5-4-8(3)6-9(10)14/h4-7H,15H2,1-3H3,(H2,16,17,18,19,20). The van der Waals surface area contributed by atoms with Crippen molar-refractivity contribution in [1.29, 1.82) is 0 Å². The number of hydrogen-bond donors (Lipinski definition) is 3. The number of nitrogens with one attached hydrogen (secondary N) is 2. The van der Waals surface area contributed by atoms with Crippen LogP contribution in [0.2, 0.25) is 5.02 Å². The fourth-order valence-corrected chi connectivity index (χ4v) is 1.86. The first-order valence-corrected chi connectivity index (χ1v) is 6.78. The topological polar surface area (TPSA) is 98.0 Å². The van der Waals surface area contributed by atoms with Crippen molar-refractivity contribution < 1.29 is 4.74 Å². The van der Waals surface area contributed by atoms with E-state index in [1.165, 1.54) is 0 Å². The van der Waals surface area contributed by atoms with Gasteiger partial charge in [0.15, 0.2) is 0 Å². The van der Waals surface area contributed by atoms with Crippen LogP contribution in [0.25, 0.3) is 0 Å². The average molecular weight is 309 g/mol. The average Bonchev–Trinajstić information content (AvgIpc) is 2.41. The number of ether oxygens (including phenoxy) is 1. The van der Waals surface area contributed by atoms with Gasteiger partial charge in [-0.1, -0.05) is 17.7 Å². The maximum atomic E-state index is 6.17. The van der Waals surface area contributed by atoms with Crippen molar-refractivity contribution in [2.45, 2.75) is 26.9 Å². The van der Waals surface area contributed by atoms with Gasteiger partial charge in [-0.3, -0.25) is 5.43 Å². The molecule has 0 saturated carbocycles. The van der Waals surface area contributed by atoms with Crippen LogP contribution < -0.4 is 21.3 Å². The molecule has 0 saturated heterocycles. The highest BCUT2D eigenvalue weighted by molar-refractivity contribution is 6.33. The number of anilines is 3. The molecular weight excluding hydrogens is 292 g/mol. The summed E-state index contributed by atoms with van der Waals surface area (Å²) in [6, 6.07) is 5.81. The molecule has 0 atom stereocenters. The van der Waals surface area contributed by atoms with E-state index in [1.54, 1.807) is 0 Å². The Morgan fingerprint density at radius 2 is 1.90 bits per heavy atom. The summed E-state index contributed by atoms with van der Waals surface area (Å²) in [4.78, 5) is 12.3. The van der Waals surface area contributed by atoms with E-state index >= 15 is 0 Å². The number of aromatic nitrogens is 3. The van der Waals surface area contributed by atoms with Gasteiger partial charge in [0.2, 0.25) is 11.9 Å². The van der Waals surface area contributed by atoms with Crippen LogP contribution in [0.5, 0.6) is 6.01 Å². The van der Waals surface area contributed by atoms with Gasteiger partial charge in [-0.15, -0.1) is 0 Å². The Morgan fingerprint density at radius 1 is 1.19 bits per heavy atom. The molecule has 0 aliphatic carbocycles. The molecule has 0 aliphatic heterocycles. The van der Waals surface area contributed by atoms with Crippen LogP contribution in [0.4, 0.5) is 17.6 Å². The molecule has 21 heavy (non-hydrogen) atoms. The predicted octanol–water partition coefficient (Wildman–Crippen LogP) is 2.65. The summed E-state index contributed by atoms with van der Waals surface area (Å²) in [7, 11) is 0. The first-order chi connectivity index (χ1) is 9.97. The Kier molecular flexibility index (Phi) is 4.77. The lowest BCUT2D eigenvalue weighted by molar-refractivity contribution is 0.222. The molecule has 7 nitrogen and oxygen atoms in total. The monoisotopic (exact) mass is 308 g/mol. The van der Waals surface area contributed by atoms with Gasteiger partial charge in [-0.25, -0.2) is 5.84 Å². The minimum atomic E-state index is -0.0613. The Hall–Kier alpha value is -2.12. The van der Waals surface area contributed by atoms with Crippen molar-refractivity contribution in [1.82, 2.24) is 15.0 Å². The van der Waals surface area contributed by atoms with E-state index in [2.05, 4.69) is 25.7 Å². The number of hydrazine groups is 1. The molecule has 0 spiro atoms. The zero-order valence-electron chi connectivity index (χ0n) is 12.0. The molecule has 1 heterocycles. The highest BCUT2D eigenvalue weighted by Gasteiger charge is 2.10. The highest BCUT2D eigenvalue weighted by atomic mass is 35.5. The van der Waals surface area contributed by atoms with Crippen molar-refractivity contribution in [3.05, 3.63) is 28.8 Å². The second-order valence-electron chi connectivity index (χ2n) is 4.68. The predicted molar refractivity (Wildman–Crippen MR) is 82.9 cm³/mol. The molecular formula is C13H17ClN6O. The van der Waals surface area contributed by atoms with E-state index < -0.39 is 0 Å². The van der Waals surface area contributed by atoms with Gasteiger partial charge in [0.25, 0.3) is 0 Å². The van der Waals surface area contributed by atoms with Gasteiger partial charge >= 0.3 is 6.01 Å². The molecule has 0 unspecified atom stereocenters. The van der Waals surface area contributed by atoms with Gasteiger partial charge in [-0.05, 0) is 38.5 Å². The van der Waals surface area contributed by atoms with Gasteiger partial charge in [-0.2, -0.15) is 15.0 Å². The molecule has 0 aliphatic rings. The lowest BCUT2D eigenvalue weighted by Crippen LogP contribution is -2.15. The molecule has 112 valence electrons. The lowest BCUT2D eigenvalue weighted by Gasteiger charge is -2.12. The third-order valence-corrected chi connectivity index (χ3v) is 2.77. The zero-order valence-corrected chi connectivity index (χ0v) is 12.8. The van der Waals surface area contributed by atoms with Crippen molar-refractivity contribution in [2.75, 3.05) is 10.7 Å². The van der Waals surface area contributed by atoms with E-state index in [1.807, 2.05) is 39.0 Å². The summed E-state index contributed by atoms with van der Waals surface area (Å²) in [5.74, 6) is 5.84. The third kappa shape index (κ3) is 4.17. The van der Waals surface area contributed by atoms with Crippen LogP contribution >= 0.6 is 11.6 Å². The SMILES string of the molecule is Cc1ccc(Nc2nc(NN)nc(OC(C)C)n2)c(Cl)c1. The van der Waals surface area contributed by atoms with Gasteiger partial charge < -0.3 is 10.1 Å². The number of aryl methyl sites for hydroxylation is 1. The van der Waals surface area contributed by atoms with Crippen LogP contribution in [-0.2, 0) is 0 Å². The molecule has 1 aromatic carbocycles. The summed E-state index contributed by atoms with van der Waals surface area (Å²) in [6.45, 7) is 5.72. The maximum Gasteiger partial charge on any atom is 0.323 e.